The van der Waals surface area contributed by atoms with Gasteiger partial charge < -0.3 is 5.11 Å². The topological polar surface area (TPSA) is 20.2 Å². The van der Waals surface area contributed by atoms with Crippen molar-refractivity contribution in [2.75, 3.05) is 0 Å². The number of benzene rings is 1. The number of hydrogen-bond donors (Lipinski definition) is 1. The second-order valence-electron chi connectivity index (χ2n) is 3.78. The second kappa shape index (κ2) is 2.91. The molecule has 1 nitrogen and oxygen atoms in total. The van der Waals surface area contributed by atoms with Crippen LogP contribution in [0.25, 0.3) is 0 Å². The van der Waals surface area contributed by atoms with Gasteiger partial charge in [-0.05, 0) is 24.5 Å². The van der Waals surface area contributed by atoms with E-state index in [2.05, 4.69) is 0 Å². The molecule has 1 N–H and O–H groups in total. The van der Waals surface area contributed by atoms with Gasteiger partial charge >= 0.3 is 0 Å². The summed E-state index contributed by atoms with van der Waals surface area (Å²) in [5.41, 5.74) is -1.19. The molecule has 0 spiro atoms. The van der Waals surface area contributed by atoms with Crippen LogP contribution in [0.3, 0.4) is 0 Å². The molecule has 0 saturated heterocycles. The van der Waals surface area contributed by atoms with Crippen LogP contribution in [-0.4, -0.2) is 5.11 Å². The molecule has 1 aliphatic carbocycles. The van der Waals surface area contributed by atoms with Crippen LogP contribution in [0.2, 0.25) is 5.02 Å². The molecule has 14 heavy (non-hydrogen) atoms. The van der Waals surface area contributed by atoms with Crippen LogP contribution in [0.5, 0.6) is 0 Å². The molecule has 4 heteroatoms. The zero-order chi connectivity index (χ0) is 10.5. The Kier molecular flexibility index (Phi) is 2.05. The maximum atomic E-state index is 13.3. The molecule has 1 aromatic rings. The van der Waals surface area contributed by atoms with Crippen molar-refractivity contribution < 1.29 is 13.9 Å². The van der Waals surface area contributed by atoms with Crippen LogP contribution < -0.4 is 0 Å². The third-order valence-corrected chi connectivity index (χ3v) is 3.04. The molecule has 2 atom stereocenters. The molecular weight excluding hydrogens is 210 g/mol. The maximum absolute atomic E-state index is 13.3. The minimum atomic E-state index is -1.20. The van der Waals surface area contributed by atoms with E-state index in [-0.39, 0.29) is 16.5 Å². The van der Waals surface area contributed by atoms with E-state index in [1.165, 1.54) is 0 Å². The fraction of sp³-hybridized carbons (Fsp3) is 0.400. The predicted octanol–water partition coefficient (Wildman–Crippen LogP) is 2.85. The number of rotatable bonds is 1. The highest BCUT2D eigenvalue weighted by atomic mass is 35.5. The maximum Gasteiger partial charge on any atom is 0.142 e. The van der Waals surface area contributed by atoms with Crippen molar-refractivity contribution in [2.45, 2.75) is 18.9 Å². The van der Waals surface area contributed by atoms with Gasteiger partial charge in [-0.2, -0.15) is 0 Å². The molecule has 0 amide bonds. The highest BCUT2D eigenvalue weighted by Crippen LogP contribution is 2.52. The summed E-state index contributed by atoms with van der Waals surface area (Å²) < 4.78 is 26.4. The van der Waals surface area contributed by atoms with Crippen molar-refractivity contribution in [3.63, 3.8) is 0 Å². The quantitative estimate of drug-likeness (QED) is 0.719. The molecular formula is C10H9ClF2O. The fourth-order valence-corrected chi connectivity index (χ4v) is 1.79. The molecule has 0 bridgehead atoms. The average molecular weight is 219 g/mol. The van der Waals surface area contributed by atoms with E-state index in [1.54, 1.807) is 6.92 Å². The summed E-state index contributed by atoms with van der Waals surface area (Å²) in [7, 11) is 0. The SMILES string of the molecule is CC1CC1(O)c1cc(F)c(Cl)cc1F. The van der Waals surface area contributed by atoms with Crippen LogP contribution in [-0.2, 0) is 5.60 Å². The lowest BCUT2D eigenvalue weighted by Crippen LogP contribution is -2.10. The zero-order valence-electron chi connectivity index (χ0n) is 7.52. The molecule has 0 heterocycles. The summed E-state index contributed by atoms with van der Waals surface area (Å²) in [6.45, 7) is 1.78. The minimum absolute atomic E-state index is 0.00639. The highest BCUT2D eigenvalue weighted by Gasteiger charge is 2.52. The predicted molar refractivity (Wildman–Crippen MR) is 49.0 cm³/mol. The summed E-state index contributed by atoms with van der Waals surface area (Å²) in [6.07, 6.45) is 0.463. The Morgan fingerprint density at radius 1 is 1.43 bits per heavy atom. The Morgan fingerprint density at radius 2 is 2.00 bits per heavy atom. The van der Waals surface area contributed by atoms with Crippen molar-refractivity contribution in [3.05, 3.63) is 34.4 Å². The van der Waals surface area contributed by atoms with Gasteiger partial charge in [-0.1, -0.05) is 18.5 Å². The molecule has 2 unspecified atom stereocenters. The summed E-state index contributed by atoms with van der Waals surface area (Å²) in [5.74, 6) is -1.38. The van der Waals surface area contributed by atoms with Crippen molar-refractivity contribution in [2.24, 2.45) is 5.92 Å². The molecule has 0 aromatic heterocycles. The van der Waals surface area contributed by atoms with Crippen molar-refractivity contribution >= 4 is 11.6 Å². The van der Waals surface area contributed by atoms with E-state index >= 15 is 0 Å². The van der Waals surface area contributed by atoms with E-state index in [0.717, 1.165) is 12.1 Å². The first-order valence-corrected chi connectivity index (χ1v) is 4.70. The number of halogens is 3. The first kappa shape index (κ1) is 9.87. The van der Waals surface area contributed by atoms with Gasteiger partial charge in [0, 0.05) is 5.56 Å². The van der Waals surface area contributed by atoms with Gasteiger partial charge in [0.25, 0.3) is 0 Å². The average Bonchev–Trinajstić information content (AvgIpc) is 2.68. The summed E-state index contributed by atoms with van der Waals surface area (Å²) in [6, 6.07) is 1.87. The third-order valence-electron chi connectivity index (χ3n) is 2.75. The highest BCUT2D eigenvalue weighted by molar-refractivity contribution is 6.30. The van der Waals surface area contributed by atoms with Crippen molar-refractivity contribution in [3.8, 4) is 0 Å². The van der Waals surface area contributed by atoms with E-state index in [9.17, 15) is 13.9 Å². The van der Waals surface area contributed by atoms with Crippen LogP contribution >= 0.6 is 11.6 Å². The molecule has 1 fully saturated rings. The summed E-state index contributed by atoms with van der Waals surface area (Å²) in [4.78, 5) is 0. The van der Waals surface area contributed by atoms with Gasteiger partial charge in [0.15, 0.2) is 0 Å². The van der Waals surface area contributed by atoms with Gasteiger partial charge in [-0.25, -0.2) is 8.78 Å². The van der Waals surface area contributed by atoms with E-state index < -0.39 is 17.2 Å². The summed E-state index contributed by atoms with van der Waals surface area (Å²) in [5, 5.41) is 9.55. The van der Waals surface area contributed by atoms with Gasteiger partial charge in [0.1, 0.15) is 11.6 Å². The first-order chi connectivity index (χ1) is 6.45. The molecule has 1 aromatic carbocycles. The van der Waals surface area contributed by atoms with Gasteiger partial charge in [-0.3, -0.25) is 0 Å². The number of aliphatic hydroxyl groups is 1. The van der Waals surface area contributed by atoms with Gasteiger partial charge in [0.05, 0.1) is 10.6 Å². The second-order valence-corrected chi connectivity index (χ2v) is 4.18. The smallest absolute Gasteiger partial charge is 0.142 e. The zero-order valence-corrected chi connectivity index (χ0v) is 8.28. The van der Waals surface area contributed by atoms with Gasteiger partial charge in [-0.15, -0.1) is 0 Å². The molecule has 1 saturated carbocycles. The lowest BCUT2D eigenvalue weighted by molar-refractivity contribution is 0.129. The largest absolute Gasteiger partial charge is 0.385 e. The number of hydrogen-bond acceptors (Lipinski definition) is 1. The van der Waals surface area contributed by atoms with Crippen molar-refractivity contribution in [1.29, 1.82) is 0 Å². The van der Waals surface area contributed by atoms with Crippen molar-refractivity contribution in [1.82, 2.24) is 0 Å². The monoisotopic (exact) mass is 218 g/mol. The molecule has 0 aliphatic heterocycles. The molecule has 76 valence electrons. The van der Waals surface area contributed by atoms with E-state index in [1.807, 2.05) is 0 Å². The van der Waals surface area contributed by atoms with E-state index in [4.69, 9.17) is 11.6 Å². The molecule has 1 aliphatic rings. The van der Waals surface area contributed by atoms with Gasteiger partial charge in [0.2, 0.25) is 0 Å². The fourth-order valence-electron chi connectivity index (χ4n) is 1.64. The Balaban J connectivity index is 2.50. The Labute approximate surface area is 85.3 Å². The lowest BCUT2D eigenvalue weighted by Gasteiger charge is -2.11. The Morgan fingerprint density at radius 3 is 2.50 bits per heavy atom. The normalized spacial score (nSPS) is 30.5. The lowest BCUT2D eigenvalue weighted by atomic mass is 10.1. The molecule has 2 rings (SSSR count). The third kappa shape index (κ3) is 1.31. The van der Waals surface area contributed by atoms with E-state index in [0.29, 0.717) is 6.42 Å². The minimum Gasteiger partial charge on any atom is -0.385 e. The first-order valence-electron chi connectivity index (χ1n) is 4.32. The Bertz CT molecular complexity index is 394. The molecule has 0 radical (unpaired) electrons. The standard InChI is InChI=1S/C10H9ClF2O/c1-5-4-10(5,14)6-2-9(13)7(11)3-8(6)12/h2-3,5,14H,4H2,1H3. The Hall–Kier alpha value is -0.670. The van der Waals surface area contributed by atoms with Crippen LogP contribution in [0.4, 0.5) is 8.78 Å². The van der Waals surface area contributed by atoms with Crippen LogP contribution in [0.15, 0.2) is 12.1 Å². The van der Waals surface area contributed by atoms with Crippen LogP contribution in [0.1, 0.15) is 18.9 Å². The van der Waals surface area contributed by atoms with Crippen LogP contribution in [0, 0.1) is 17.6 Å². The summed E-state index contributed by atoms with van der Waals surface area (Å²) >= 11 is 5.40.